The average Bonchev–Trinajstić information content (AvgIpc) is 3.66. The second-order valence-electron chi connectivity index (χ2n) is 10.7. The summed E-state index contributed by atoms with van der Waals surface area (Å²) in [7, 11) is 2.69. The molecule has 0 spiro atoms. The molecule has 3 aliphatic rings. The van der Waals surface area contributed by atoms with Crippen LogP contribution in [-0.4, -0.2) is 48.6 Å². The first-order valence-electron chi connectivity index (χ1n) is 14.4. The summed E-state index contributed by atoms with van der Waals surface area (Å²) in [4.78, 5) is 40.9. The normalized spacial score (nSPS) is 18.7. The third-order valence-electron chi connectivity index (χ3n) is 8.16. The molecule has 0 atom stereocenters. The molecule has 0 aliphatic carbocycles. The minimum Gasteiger partial charge on any atom is -0.858 e. The van der Waals surface area contributed by atoms with Crippen molar-refractivity contribution >= 4 is 41.6 Å². The minimum atomic E-state index is -0.355. The van der Waals surface area contributed by atoms with Crippen LogP contribution in [0.2, 0.25) is 0 Å². The Morgan fingerprint density at radius 2 is 1.33 bits per heavy atom. The number of aliphatic imine (C=N–C) groups is 3. The smallest absolute Gasteiger partial charge is 0.858 e. The number of hydrogen-bond acceptors (Lipinski definition) is 9. The van der Waals surface area contributed by atoms with E-state index in [1.54, 1.807) is 25.2 Å². The Morgan fingerprint density at radius 3 is 1.91 bits per heavy atom. The first-order chi connectivity index (χ1) is 21.4. The predicted octanol–water partition coefficient (Wildman–Crippen LogP) is 4.27. The summed E-state index contributed by atoms with van der Waals surface area (Å²) < 4.78 is 9.77. The van der Waals surface area contributed by atoms with E-state index in [2.05, 4.69) is 28.1 Å². The Balaban J connectivity index is 0.00000576. The van der Waals surface area contributed by atoms with E-state index in [9.17, 15) is 19.8 Å². The van der Waals surface area contributed by atoms with E-state index in [1.807, 2.05) is 26.8 Å². The van der Waals surface area contributed by atoms with Crippen molar-refractivity contribution < 1.29 is 46.1 Å². The van der Waals surface area contributed by atoms with Gasteiger partial charge in [-0.25, -0.2) is 4.99 Å². The maximum atomic E-state index is 12.3. The van der Waals surface area contributed by atoms with E-state index in [4.69, 9.17) is 14.5 Å². The number of rotatable bonds is 11. The van der Waals surface area contributed by atoms with Gasteiger partial charge in [-0.3, -0.25) is 19.6 Å². The Labute approximate surface area is 279 Å². The summed E-state index contributed by atoms with van der Waals surface area (Å²) in [5.74, 6) is -1.37. The van der Waals surface area contributed by atoms with E-state index >= 15 is 0 Å². The molecule has 46 heavy (non-hydrogen) atoms. The Kier molecular flexibility index (Phi) is 11.7. The molecule has 4 rings (SSSR count). The zero-order valence-corrected chi connectivity index (χ0v) is 27.8. The molecule has 1 aromatic rings. The van der Waals surface area contributed by atoms with Crippen molar-refractivity contribution in [3.05, 3.63) is 104 Å². The number of nitrogens with zero attached hydrogens (tertiary/aromatic N) is 3. The van der Waals surface area contributed by atoms with Gasteiger partial charge in [0, 0.05) is 29.8 Å². The van der Waals surface area contributed by atoms with Crippen LogP contribution in [0.3, 0.4) is 0 Å². The first kappa shape index (κ1) is 35.7. The fourth-order valence-electron chi connectivity index (χ4n) is 5.39. The molecule has 1 N–H and O–H groups in total. The van der Waals surface area contributed by atoms with Crippen LogP contribution >= 0.6 is 0 Å². The number of aromatic amines is 1. The summed E-state index contributed by atoms with van der Waals surface area (Å²) >= 11 is 0. The number of nitrogens with one attached hydrogen (secondary N) is 1. The van der Waals surface area contributed by atoms with Gasteiger partial charge in [0.2, 0.25) is 0 Å². The van der Waals surface area contributed by atoms with Crippen LogP contribution < -0.4 is 10.2 Å². The zero-order valence-electron chi connectivity index (χ0n) is 26.8. The number of esters is 2. The largest absolute Gasteiger partial charge is 2.00 e. The maximum Gasteiger partial charge on any atom is 2.00 e. The molecule has 0 aromatic carbocycles. The number of ether oxygens (including phenoxy) is 2. The molecule has 0 saturated heterocycles. The average molecular weight is 668 g/mol. The Hall–Kier alpha value is -4.74. The molecular formula is C35H36CoN4O6. The minimum absolute atomic E-state index is 0. The topological polar surface area (TPSA) is 152 Å². The van der Waals surface area contributed by atoms with Gasteiger partial charge in [-0.15, -0.1) is 0 Å². The fraction of sp³-hybridized carbons (Fsp3) is 0.286. The predicted molar refractivity (Wildman–Crippen MR) is 172 cm³/mol. The molecule has 241 valence electrons. The van der Waals surface area contributed by atoms with E-state index < -0.39 is 0 Å². The molecule has 0 amide bonds. The van der Waals surface area contributed by atoms with Crippen molar-refractivity contribution in [1.82, 2.24) is 4.98 Å². The first-order valence-corrected chi connectivity index (χ1v) is 14.4. The van der Waals surface area contributed by atoms with Crippen LogP contribution in [0.15, 0.2) is 96.9 Å². The van der Waals surface area contributed by atoms with E-state index in [1.165, 1.54) is 20.3 Å². The van der Waals surface area contributed by atoms with Gasteiger partial charge in [-0.1, -0.05) is 25.3 Å². The Morgan fingerprint density at radius 1 is 0.739 bits per heavy atom. The second-order valence-corrected chi connectivity index (χ2v) is 10.7. The molecule has 11 heteroatoms. The molecule has 1 radical (unpaired) electrons. The molecule has 0 saturated carbocycles. The molecular weight excluding hydrogens is 631 g/mol. The maximum absolute atomic E-state index is 12.3. The molecule has 10 nitrogen and oxygen atoms in total. The van der Waals surface area contributed by atoms with Crippen LogP contribution in [0, 0.1) is 6.92 Å². The molecule has 4 heterocycles. The molecule has 1 aromatic heterocycles. The van der Waals surface area contributed by atoms with Gasteiger partial charge in [0.25, 0.3) is 0 Å². The molecule has 0 bridgehead atoms. The van der Waals surface area contributed by atoms with Gasteiger partial charge < -0.3 is 24.7 Å². The summed E-state index contributed by atoms with van der Waals surface area (Å²) in [6.45, 7) is 14.9. The van der Waals surface area contributed by atoms with Crippen molar-refractivity contribution in [2.75, 3.05) is 14.2 Å². The van der Waals surface area contributed by atoms with Crippen LogP contribution in [-0.2, 0) is 42.3 Å². The number of allylic oxidation sites excluding steroid dienone is 5. The second kappa shape index (κ2) is 15.0. The number of hydrogen-bond donors (Lipinski definition) is 1. The van der Waals surface area contributed by atoms with Crippen molar-refractivity contribution in [2.45, 2.75) is 53.4 Å². The molecule has 0 fully saturated rings. The summed E-state index contributed by atoms with van der Waals surface area (Å²) in [6, 6.07) is 0. The number of methoxy groups -OCH3 is 2. The van der Waals surface area contributed by atoms with Gasteiger partial charge in [-0.05, 0) is 110 Å². The zero-order chi connectivity index (χ0) is 33.0. The monoisotopic (exact) mass is 667 g/mol. The molecule has 0 unspecified atom stereocenters. The van der Waals surface area contributed by atoms with E-state index in [-0.39, 0.29) is 53.4 Å². The van der Waals surface area contributed by atoms with Gasteiger partial charge in [0.05, 0.1) is 37.0 Å². The fourth-order valence-corrected chi connectivity index (χ4v) is 5.39. The van der Waals surface area contributed by atoms with Crippen molar-refractivity contribution in [1.29, 1.82) is 0 Å². The summed E-state index contributed by atoms with van der Waals surface area (Å²) in [6.07, 6.45) is 9.58. The summed E-state index contributed by atoms with van der Waals surface area (Å²) in [5.41, 5.74) is 9.37. The van der Waals surface area contributed by atoms with E-state index in [0.717, 1.165) is 22.3 Å². The third kappa shape index (κ3) is 7.21. The quantitative estimate of drug-likeness (QED) is 0.348. The van der Waals surface area contributed by atoms with Crippen molar-refractivity contribution in [3.63, 3.8) is 0 Å². The van der Waals surface area contributed by atoms with Crippen LogP contribution in [0.5, 0.6) is 0 Å². The van der Waals surface area contributed by atoms with Crippen LogP contribution in [0.25, 0.3) is 12.2 Å². The number of H-pyrrole nitrogens is 1. The standard InChI is InChI=1S/C35H38N4O6.Co/c1-9-22-21(6)34(42)39-29(22)16-27-20(5)25(12-14-33(41)45-8)31(37-27)17-30-24(11-13-32(40)44-7)19(4)26(36-30)15-28-18(3)23(10-2)35(43)38-28;/h9-10,15-17,37H,1-2,11-14H2,3-8H3,(H,38,43)(H,39,42);/q;+2/p-2/b28-15-,29-16-,30-17-;. The van der Waals surface area contributed by atoms with Crippen molar-refractivity contribution in [2.24, 2.45) is 15.0 Å². The van der Waals surface area contributed by atoms with Gasteiger partial charge in [-0.2, -0.15) is 0 Å². The van der Waals surface area contributed by atoms with E-state index in [0.29, 0.717) is 69.3 Å². The SMILES string of the molecule is C=CC1=C(C)/C(=C/C2=NC(=C\c3[nH]c(/C=C4\N=C([O-])C(C)=C4C=C)c(C)c3CCC(=O)OC)/C(CCC(=O)OC)=C2C)N=C1[O-].[Co+2]. The van der Waals surface area contributed by atoms with Crippen LogP contribution in [0.4, 0.5) is 0 Å². The third-order valence-corrected chi connectivity index (χ3v) is 8.16. The van der Waals surface area contributed by atoms with Crippen molar-refractivity contribution in [3.8, 4) is 0 Å². The summed E-state index contributed by atoms with van der Waals surface area (Å²) in [5, 5.41) is 24.6. The van der Waals surface area contributed by atoms with Gasteiger partial charge in [0.1, 0.15) is 0 Å². The molecule has 3 aliphatic heterocycles. The van der Waals surface area contributed by atoms with Gasteiger partial charge in [0.15, 0.2) is 0 Å². The number of aromatic nitrogens is 1. The van der Waals surface area contributed by atoms with Gasteiger partial charge >= 0.3 is 28.7 Å². The number of carbonyl (C=O) groups is 2. The Bertz CT molecular complexity index is 1790. The van der Waals surface area contributed by atoms with Crippen LogP contribution in [0.1, 0.15) is 62.5 Å². The number of carbonyl (C=O) groups excluding carboxylic acids is 2.